The van der Waals surface area contributed by atoms with E-state index in [1.54, 1.807) is 0 Å². The lowest BCUT2D eigenvalue weighted by Gasteiger charge is -2.26. The van der Waals surface area contributed by atoms with Gasteiger partial charge in [-0.2, -0.15) is 0 Å². The Labute approximate surface area is 290 Å². The predicted molar refractivity (Wildman–Crippen MR) is 214 cm³/mol. The smallest absolute Gasteiger partial charge is 0.0468 e. The van der Waals surface area contributed by atoms with E-state index in [1.165, 1.54) is 69.2 Å². The van der Waals surface area contributed by atoms with E-state index in [9.17, 15) is 0 Å². The molecule has 232 valence electrons. The van der Waals surface area contributed by atoms with Crippen LogP contribution in [0.15, 0.2) is 182 Å². The molecule has 0 spiro atoms. The number of benzene rings is 8. The van der Waals surface area contributed by atoms with Crippen molar-refractivity contribution in [2.75, 3.05) is 4.90 Å². The molecule has 8 aromatic carbocycles. The Hall–Kier alpha value is -5.96. The molecule has 0 N–H and O–H groups in total. The Kier molecular flexibility index (Phi) is 7.30. The molecule has 0 radical (unpaired) electrons. The molecule has 1 nitrogen and oxygen atoms in total. The van der Waals surface area contributed by atoms with E-state index < -0.39 is 0 Å². The molecule has 1 aromatic heterocycles. The number of hydrogen-bond donors (Lipinski definition) is 0. The average Bonchev–Trinajstić information content (AvgIpc) is 3.24. The zero-order chi connectivity index (χ0) is 32.7. The van der Waals surface area contributed by atoms with Gasteiger partial charge in [0.25, 0.3) is 0 Å². The minimum Gasteiger partial charge on any atom is -0.310 e. The van der Waals surface area contributed by atoms with Gasteiger partial charge in [-0.3, -0.25) is 0 Å². The van der Waals surface area contributed by atoms with Gasteiger partial charge in [-0.25, -0.2) is 0 Å². The Bertz CT molecular complexity index is 2730. The van der Waals surface area contributed by atoms with Crippen molar-refractivity contribution in [2.24, 2.45) is 0 Å². The first kappa shape index (κ1) is 29.2. The molecule has 0 amide bonds. The van der Waals surface area contributed by atoms with Gasteiger partial charge in [0.15, 0.2) is 0 Å². The van der Waals surface area contributed by atoms with Crippen molar-refractivity contribution in [2.45, 2.75) is 6.92 Å². The molecule has 1 heterocycles. The summed E-state index contributed by atoms with van der Waals surface area (Å²) in [5.41, 5.74) is 5.82. The standard InChI is InChI=1S/C47H33NS/c1-32-10-3-2-4-13-37-31-40(25-29-47(37)49-32)48(38-22-18-35(19-23-38)42-17-9-14-33-11-5-7-15-41(33)42)39-24-28-44-36(30-39)21-27-45-43-16-8-6-12-34(43)20-26-46(44)45/h2-31H,1H3. The Morgan fingerprint density at radius 2 is 0.918 bits per heavy atom. The Morgan fingerprint density at radius 1 is 0.367 bits per heavy atom. The lowest BCUT2D eigenvalue weighted by Crippen LogP contribution is -2.09. The number of anilines is 3. The van der Waals surface area contributed by atoms with Crippen molar-refractivity contribution in [1.29, 1.82) is 0 Å². The monoisotopic (exact) mass is 643 g/mol. The Balaban J connectivity index is 1.22. The summed E-state index contributed by atoms with van der Waals surface area (Å²) in [4.78, 5) is 3.66. The highest BCUT2D eigenvalue weighted by Gasteiger charge is 2.16. The minimum absolute atomic E-state index is 1.12. The molecule has 9 aromatic rings. The maximum atomic E-state index is 2.39. The van der Waals surface area contributed by atoms with Crippen molar-refractivity contribution in [3.05, 3.63) is 187 Å². The zero-order valence-corrected chi connectivity index (χ0v) is 28.0. The number of fused-ring (bicyclic) bond motifs is 7. The van der Waals surface area contributed by atoms with Crippen LogP contribution in [0.1, 0.15) is 4.88 Å². The van der Waals surface area contributed by atoms with Crippen molar-refractivity contribution in [1.82, 2.24) is 0 Å². The third-order valence-electron chi connectivity index (χ3n) is 9.56. The second-order valence-corrected chi connectivity index (χ2v) is 13.9. The number of rotatable bonds is 4. The van der Waals surface area contributed by atoms with Crippen LogP contribution in [0.5, 0.6) is 0 Å². The number of hydrogen-bond acceptors (Lipinski definition) is 2. The van der Waals surface area contributed by atoms with Crippen LogP contribution in [-0.4, -0.2) is 0 Å². The summed E-state index contributed by atoms with van der Waals surface area (Å²) in [5, 5.41) is 11.4. The molecule has 2 heteroatoms. The fourth-order valence-corrected chi connectivity index (χ4v) is 8.06. The average molecular weight is 644 g/mol. The van der Waals surface area contributed by atoms with E-state index in [4.69, 9.17) is 0 Å². The first-order valence-electron chi connectivity index (χ1n) is 16.8. The van der Waals surface area contributed by atoms with Gasteiger partial charge in [0, 0.05) is 26.6 Å². The molecule has 0 atom stereocenters. The van der Waals surface area contributed by atoms with Crippen molar-refractivity contribution >= 4 is 81.6 Å². The van der Waals surface area contributed by atoms with E-state index in [0.29, 0.717) is 0 Å². The summed E-state index contributed by atoms with van der Waals surface area (Å²) in [6, 6.07) is 66.4. The topological polar surface area (TPSA) is 3.24 Å². The molecule has 0 bridgehead atoms. The van der Waals surface area contributed by atoms with Crippen LogP contribution >= 0.6 is 11.3 Å². The summed E-state index contributed by atoms with van der Waals surface area (Å²) in [5.74, 6) is 0. The van der Waals surface area contributed by atoms with Crippen molar-refractivity contribution in [3.8, 4) is 11.1 Å². The number of aryl methyl sites for hydroxylation is 1. The first-order chi connectivity index (χ1) is 24.2. The lowest BCUT2D eigenvalue weighted by atomic mass is 9.96. The molecule has 9 rings (SSSR count). The highest BCUT2D eigenvalue weighted by molar-refractivity contribution is 7.18. The summed E-state index contributed by atoms with van der Waals surface area (Å²) in [6.07, 6.45) is 0. The molecule has 0 saturated heterocycles. The first-order valence-corrected chi connectivity index (χ1v) is 17.6. The molecule has 0 saturated carbocycles. The van der Waals surface area contributed by atoms with Crippen LogP contribution in [0.2, 0.25) is 0 Å². The third kappa shape index (κ3) is 5.37. The van der Waals surface area contributed by atoms with Crippen LogP contribution in [0.4, 0.5) is 17.1 Å². The minimum atomic E-state index is 1.12. The molecule has 0 aliphatic carbocycles. The van der Waals surface area contributed by atoms with E-state index >= 15 is 0 Å². The van der Waals surface area contributed by atoms with E-state index in [2.05, 4.69) is 194 Å². The van der Waals surface area contributed by atoms with E-state index in [-0.39, 0.29) is 0 Å². The Morgan fingerprint density at radius 3 is 1.73 bits per heavy atom. The van der Waals surface area contributed by atoms with Crippen LogP contribution < -0.4 is 4.90 Å². The molecule has 0 aliphatic heterocycles. The summed E-state index contributed by atoms with van der Waals surface area (Å²) in [6.45, 7) is 2.17. The highest BCUT2D eigenvalue weighted by atomic mass is 32.1. The fraction of sp³-hybridized carbons (Fsp3) is 0.0213. The second-order valence-electron chi connectivity index (χ2n) is 12.6. The zero-order valence-electron chi connectivity index (χ0n) is 27.2. The van der Waals surface area contributed by atoms with Gasteiger partial charge in [0.2, 0.25) is 0 Å². The van der Waals surface area contributed by atoms with E-state index in [1.807, 2.05) is 11.3 Å². The van der Waals surface area contributed by atoms with Gasteiger partial charge in [0.05, 0.1) is 0 Å². The van der Waals surface area contributed by atoms with Gasteiger partial charge < -0.3 is 4.90 Å². The molecular formula is C47H33NS. The molecular weight excluding hydrogens is 611 g/mol. The summed E-state index contributed by atoms with van der Waals surface area (Å²) in [7, 11) is 0. The highest BCUT2D eigenvalue weighted by Crippen LogP contribution is 2.40. The molecule has 0 aliphatic rings. The largest absolute Gasteiger partial charge is 0.310 e. The third-order valence-corrected chi connectivity index (χ3v) is 10.6. The fourth-order valence-electron chi connectivity index (χ4n) is 7.19. The summed E-state index contributed by atoms with van der Waals surface area (Å²) < 4.78 is 1.25. The molecule has 49 heavy (non-hydrogen) atoms. The summed E-state index contributed by atoms with van der Waals surface area (Å²) >= 11 is 1.82. The van der Waals surface area contributed by atoms with Crippen molar-refractivity contribution in [3.63, 3.8) is 0 Å². The van der Waals surface area contributed by atoms with E-state index in [0.717, 1.165) is 17.1 Å². The lowest BCUT2D eigenvalue weighted by molar-refractivity contribution is 1.30. The second kappa shape index (κ2) is 12.2. The van der Waals surface area contributed by atoms with Crippen LogP contribution in [0.25, 0.3) is 64.3 Å². The molecule has 0 unspecified atom stereocenters. The van der Waals surface area contributed by atoms with Crippen LogP contribution in [0.3, 0.4) is 0 Å². The van der Waals surface area contributed by atoms with Gasteiger partial charge in [-0.1, -0.05) is 133 Å². The van der Waals surface area contributed by atoms with Gasteiger partial charge >= 0.3 is 0 Å². The maximum absolute atomic E-state index is 2.39. The quantitative estimate of drug-likeness (QED) is 0.173. The normalized spacial score (nSPS) is 11.4. The van der Waals surface area contributed by atoms with Crippen LogP contribution in [0, 0.1) is 6.92 Å². The van der Waals surface area contributed by atoms with Crippen molar-refractivity contribution < 1.29 is 0 Å². The predicted octanol–water partition coefficient (Wildman–Crippen LogP) is 14.1. The van der Waals surface area contributed by atoms with Gasteiger partial charge in [-0.15, -0.1) is 11.3 Å². The van der Waals surface area contributed by atoms with Crippen LogP contribution in [-0.2, 0) is 0 Å². The molecule has 0 fully saturated rings. The van der Waals surface area contributed by atoms with Gasteiger partial charge in [0.1, 0.15) is 0 Å². The van der Waals surface area contributed by atoms with Gasteiger partial charge in [-0.05, 0) is 115 Å². The maximum Gasteiger partial charge on any atom is 0.0468 e. The number of nitrogens with zero attached hydrogens (tertiary/aromatic N) is 1. The SMILES string of the molecule is Cc1cccccc2cc(N(c3ccc(-c4cccc5ccccc45)cc3)c3ccc4c(ccc5c6ccccc6ccc45)c3)ccc2s1.